The Hall–Kier alpha value is -0.150. The number of nitrogens with one attached hydrogen (secondary N) is 1. The number of aryl methyl sites for hydroxylation is 1. The van der Waals surface area contributed by atoms with E-state index in [0.29, 0.717) is 0 Å². The lowest BCUT2D eigenvalue weighted by Crippen LogP contribution is -1.81. The molecule has 0 saturated carbocycles. The van der Waals surface area contributed by atoms with Gasteiger partial charge in [-0.15, -0.1) is 11.3 Å². The molecule has 0 aliphatic heterocycles. The van der Waals surface area contributed by atoms with Crippen LogP contribution in [0.15, 0.2) is 11.4 Å². The van der Waals surface area contributed by atoms with Gasteiger partial charge >= 0.3 is 0 Å². The van der Waals surface area contributed by atoms with Gasteiger partial charge in [-0.1, -0.05) is 11.9 Å². The van der Waals surface area contributed by atoms with Crippen LogP contribution < -0.4 is 4.72 Å². The first-order chi connectivity index (χ1) is 4.34. The zero-order chi connectivity index (χ0) is 6.69. The predicted octanol–water partition coefficient (Wildman–Crippen LogP) is 2.75. The van der Waals surface area contributed by atoms with Crippen LogP contribution in [-0.2, 0) is 0 Å². The molecule has 50 valence electrons. The molecule has 9 heavy (non-hydrogen) atoms. The van der Waals surface area contributed by atoms with Crippen molar-refractivity contribution in [2.24, 2.45) is 0 Å². The monoisotopic (exact) mass is 159 g/mol. The molecule has 1 N–H and O–H groups in total. The molecule has 1 aromatic heterocycles. The number of hydrogen-bond donors (Lipinski definition) is 1. The lowest BCUT2D eigenvalue weighted by Gasteiger charge is -1.97. The van der Waals surface area contributed by atoms with E-state index in [1.165, 1.54) is 10.6 Å². The molecule has 0 saturated heterocycles. The molecule has 0 amide bonds. The van der Waals surface area contributed by atoms with Gasteiger partial charge in [-0.25, -0.2) is 0 Å². The molecular weight excluding hydrogens is 150 g/mol. The summed E-state index contributed by atoms with van der Waals surface area (Å²) in [7, 11) is 0. The molecule has 1 heterocycles. The van der Waals surface area contributed by atoms with Gasteiger partial charge in [-0.2, -0.15) is 0 Å². The average Bonchev–Trinajstić information content (AvgIpc) is 2.18. The van der Waals surface area contributed by atoms with Crippen LogP contribution in [0.5, 0.6) is 0 Å². The van der Waals surface area contributed by atoms with Gasteiger partial charge in [0.25, 0.3) is 0 Å². The zero-order valence-corrected chi connectivity index (χ0v) is 7.10. The Bertz CT molecular complexity index is 183. The molecule has 0 aliphatic rings. The SMILES string of the molecule is CSNc1ccsc1C. The predicted molar refractivity (Wildman–Crippen MR) is 46.2 cm³/mol. The first-order valence-corrected chi connectivity index (χ1v) is 4.78. The molecule has 0 unspecified atom stereocenters. The van der Waals surface area contributed by atoms with Crippen molar-refractivity contribution in [2.45, 2.75) is 6.92 Å². The second kappa shape index (κ2) is 3.13. The summed E-state index contributed by atoms with van der Waals surface area (Å²) in [6, 6.07) is 2.09. The Balaban J connectivity index is 2.69. The van der Waals surface area contributed by atoms with Gasteiger partial charge in [0.1, 0.15) is 0 Å². The second-order valence-electron chi connectivity index (χ2n) is 1.70. The van der Waals surface area contributed by atoms with Crippen LogP contribution in [0.1, 0.15) is 4.88 Å². The highest BCUT2D eigenvalue weighted by atomic mass is 32.2. The van der Waals surface area contributed by atoms with Gasteiger partial charge in [-0.05, 0) is 18.4 Å². The fourth-order valence-corrected chi connectivity index (χ4v) is 1.76. The van der Waals surface area contributed by atoms with Crippen LogP contribution in [0, 0.1) is 6.92 Å². The van der Waals surface area contributed by atoms with Crippen molar-refractivity contribution >= 4 is 29.0 Å². The van der Waals surface area contributed by atoms with Crippen molar-refractivity contribution in [3.8, 4) is 0 Å². The van der Waals surface area contributed by atoms with Crippen molar-refractivity contribution in [1.82, 2.24) is 0 Å². The highest BCUT2D eigenvalue weighted by Gasteiger charge is 1.94. The maximum atomic E-state index is 3.18. The van der Waals surface area contributed by atoms with E-state index in [1.807, 2.05) is 6.26 Å². The first kappa shape index (κ1) is 6.96. The van der Waals surface area contributed by atoms with Gasteiger partial charge in [0.2, 0.25) is 0 Å². The number of hydrogen-bond acceptors (Lipinski definition) is 3. The van der Waals surface area contributed by atoms with Gasteiger partial charge in [0.15, 0.2) is 0 Å². The Morgan fingerprint density at radius 3 is 2.89 bits per heavy atom. The second-order valence-corrected chi connectivity index (χ2v) is 3.43. The molecule has 0 spiro atoms. The lowest BCUT2D eigenvalue weighted by atomic mass is 10.4. The largest absolute Gasteiger partial charge is 0.329 e. The topological polar surface area (TPSA) is 12.0 Å². The van der Waals surface area contributed by atoms with Gasteiger partial charge in [-0.3, -0.25) is 0 Å². The lowest BCUT2D eigenvalue weighted by molar-refractivity contribution is 1.62. The molecule has 1 rings (SSSR count). The van der Waals surface area contributed by atoms with E-state index in [1.54, 1.807) is 23.3 Å². The van der Waals surface area contributed by atoms with Crippen LogP contribution >= 0.6 is 23.3 Å². The zero-order valence-electron chi connectivity index (χ0n) is 5.47. The van der Waals surface area contributed by atoms with Crippen LogP contribution in [-0.4, -0.2) is 6.26 Å². The molecule has 1 nitrogen and oxygen atoms in total. The minimum atomic E-state index is 1.24. The third-order valence-corrected chi connectivity index (χ3v) is 2.34. The molecule has 0 radical (unpaired) electrons. The highest BCUT2D eigenvalue weighted by molar-refractivity contribution is 7.99. The van der Waals surface area contributed by atoms with Gasteiger partial charge < -0.3 is 4.72 Å². The maximum Gasteiger partial charge on any atom is 0.0577 e. The summed E-state index contributed by atoms with van der Waals surface area (Å²) in [6.07, 6.45) is 2.02. The van der Waals surface area contributed by atoms with Crippen molar-refractivity contribution < 1.29 is 0 Å². The third kappa shape index (κ3) is 1.63. The highest BCUT2D eigenvalue weighted by Crippen LogP contribution is 2.22. The quantitative estimate of drug-likeness (QED) is 0.666. The molecule has 0 aromatic carbocycles. The molecule has 0 fully saturated rings. The standard InChI is InChI=1S/C6H9NS2/c1-5-6(7-8-2)3-4-9-5/h3-4,7H,1-2H3. The molecule has 0 aliphatic carbocycles. The van der Waals surface area contributed by atoms with Crippen molar-refractivity contribution in [2.75, 3.05) is 11.0 Å². The summed E-state index contributed by atoms with van der Waals surface area (Å²) >= 11 is 3.40. The Kier molecular flexibility index (Phi) is 2.42. The normalized spacial score (nSPS) is 9.56. The van der Waals surface area contributed by atoms with E-state index >= 15 is 0 Å². The Labute approximate surface area is 63.6 Å². The van der Waals surface area contributed by atoms with E-state index in [-0.39, 0.29) is 0 Å². The molecule has 1 aromatic rings. The van der Waals surface area contributed by atoms with E-state index in [2.05, 4.69) is 23.1 Å². The van der Waals surface area contributed by atoms with Gasteiger partial charge in [0.05, 0.1) is 5.69 Å². The molecule has 3 heteroatoms. The smallest absolute Gasteiger partial charge is 0.0577 e. The van der Waals surface area contributed by atoms with E-state index in [9.17, 15) is 0 Å². The molecule has 0 atom stereocenters. The summed E-state index contributed by atoms with van der Waals surface area (Å²) in [5.41, 5.74) is 1.24. The summed E-state index contributed by atoms with van der Waals surface area (Å²) in [5.74, 6) is 0. The first-order valence-electron chi connectivity index (χ1n) is 2.67. The number of rotatable bonds is 2. The van der Waals surface area contributed by atoms with E-state index in [0.717, 1.165) is 0 Å². The van der Waals surface area contributed by atoms with Gasteiger partial charge in [0, 0.05) is 11.1 Å². The minimum Gasteiger partial charge on any atom is -0.329 e. The van der Waals surface area contributed by atoms with Crippen molar-refractivity contribution in [3.63, 3.8) is 0 Å². The number of thiophene rings is 1. The van der Waals surface area contributed by atoms with Crippen molar-refractivity contribution in [1.29, 1.82) is 0 Å². The Morgan fingerprint density at radius 2 is 2.44 bits per heavy atom. The Morgan fingerprint density at radius 1 is 1.67 bits per heavy atom. The number of anilines is 1. The van der Waals surface area contributed by atoms with Crippen molar-refractivity contribution in [3.05, 3.63) is 16.3 Å². The summed E-state index contributed by atoms with van der Waals surface area (Å²) in [5, 5.41) is 2.09. The van der Waals surface area contributed by atoms with Crippen LogP contribution in [0.25, 0.3) is 0 Å². The molecule has 0 bridgehead atoms. The van der Waals surface area contributed by atoms with E-state index in [4.69, 9.17) is 0 Å². The van der Waals surface area contributed by atoms with Crippen LogP contribution in [0.3, 0.4) is 0 Å². The minimum absolute atomic E-state index is 1.24. The van der Waals surface area contributed by atoms with E-state index < -0.39 is 0 Å². The summed E-state index contributed by atoms with van der Waals surface area (Å²) in [6.45, 7) is 2.11. The average molecular weight is 159 g/mol. The maximum absolute atomic E-state index is 3.18. The van der Waals surface area contributed by atoms with Crippen LogP contribution in [0.4, 0.5) is 5.69 Å². The third-order valence-electron chi connectivity index (χ3n) is 1.07. The summed E-state index contributed by atoms with van der Waals surface area (Å²) < 4.78 is 3.18. The fraction of sp³-hybridized carbons (Fsp3) is 0.333. The molecular formula is C6H9NS2. The summed E-state index contributed by atoms with van der Waals surface area (Å²) in [4.78, 5) is 1.35. The fourth-order valence-electron chi connectivity index (χ4n) is 0.601. The van der Waals surface area contributed by atoms with Crippen LogP contribution in [0.2, 0.25) is 0 Å².